The lowest BCUT2D eigenvalue weighted by atomic mass is 9.97. The summed E-state index contributed by atoms with van der Waals surface area (Å²) < 4.78 is 19.6. The maximum Gasteiger partial charge on any atom is 0.303 e. The molecule has 3 N–H and O–H groups in total. The Balaban J connectivity index is 1.70. The minimum atomic E-state index is -0.879. The van der Waals surface area contributed by atoms with Crippen LogP contribution in [0.5, 0.6) is 5.75 Å². The molecule has 1 heterocycles. The molecule has 186 valence electrons. The Bertz CT molecular complexity index is 1300. The van der Waals surface area contributed by atoms with Gasteiger partial charge in [0.25, 0.3) is 5.91 Å². The van der Waals surface area contributed by atoms with E-state index >= 15 is 0 Å². The number of hydrogen-bond acceptors (Lipinski definition) is 5. The molecule has 4 rings (SSSR count). The number of rotatable bonds is 10. The van der Waals surface area contributed by atoms with Crippen LogP contribution in [0, 0.1) is 5.82 Å². The number of anilines is 2. The molecule has 8 heteroatoms. The van der Waals surface area contributed by atoms with E-state index in [4.69, 9.17) is 9.84 Å². The molecule has 0 spiro atoms. The van der Waals surface area contributed by atoms with Crippen LogP contribution in [-0.4, -0.2) is 49.1 Å². The van der Waals surface area contributed by atoms with Crippen molar-refractivity contribution in [1.29, 1.82) is 0 Å². The van der Waals surface area contributed by atoms with Crippen LogP contribution in [0.15, 0.2) is 66.7 Å². The van der Waals surface area contributed by atoms with Gasteiger partial charge in [-0.05, 0) is 80.2 Å². The zero-order valence-corrected chi connectivity index (χ0v) is 20.2. The quantitative estimate of drug-likeness (QED) is 0.357. The molecule has 0 saturated heterocycles. The number of ether oxygens (including phenoxy) is 1. The van der Waals surface area contributed by atoms with Crippen LogP contribution in [0.1, 0.15) is 23.1 Å². The Morgan fingerprint density at radius 2 is 1.86 bits per heavy atom. The fraction of sp³-hybridized carbons (Fsp3) is 0.214. The van der Waals surface area contributed by atoms with Crippen LogP contribution in [0.2, 0.25) is 0 Å². The molecule has 0 fully saturated rings. The van der Waals surface area contributed by atoms with E-state index in [0.717, 1.165) is 23.5 Å². The van der Waals surface area contributed by atoms with E-state index in [1.54, 1.807) is 6.07 Å². The molecular weight excluding hydrogens is 461 g/mol. The number of carboxylic acids is 1. The Hall–Kier alpha value is -4.17. The van der Waals surface area contributed by atoms with Crippen molar-refractivity contribution < 1.29 is 23.8 Å². The molecule has 0 radical (unpaired) electrons. The predicted octanol–water partition coefficient (Wildman–Crippen LogP) is 4.72. The molecular formula is C28H28FN3O4. The molecule has 1 aliphatic rings. The maximum absolute atomic E-state index is 13.8. The maximum atomic E-state index is 13.8. The first-order valence-electron chi connectivity index (χ1n) is 11.6. The molecule has 7 nitrogen and oxygen atoms in total. The SMILES string of the molecule is CN(C)CCOc1ccc(NC(=C2C(=O)Nc3cc(F)ccc32)c2cccc(CCC(=O)O)c2)cc1. The van der Waals surface area contributed by atoms with E-state index in [9.17, 15) is 14.0 Å². The summed E-state index contributed by atoms with van der Waals surface area (Å²) in [5.41, 5.74) is 4.19. The first-order valence-corrected chi connectivity index (χ1v) is 11.6. The summed E-state index contributed by atoms with van der Waals surface area (Å²) in [6, 6.07) is 19.0. The van der Waals surface area contributed by atoms with Crippen molar-refractivity contribution in [1.82, 2.24) is 4.90 Å². The second-order valence-corrected chi connectivity index (χ2v) is 8.79. The van der Waals surface area contributed by atoms with E-state index in [1.165, 1.54) is 12.1 Å². The molecule has 0 atom stereocenters. The smallest absolute Gasteiger partial charge is 0.303 e. The van der Waals surface area contributed by atoms with Crippen LogP contribution in [0.25, 0.3) is 11.3 Å². The van der Waals surface area contributed by atoms with Crippen molar-refractivity contribution in [2.45, 2.75) is 12.8 Å². The Morgan fingerprint density at radius 3 is 2.58 bits per heavy atom. The number of benzene rings is 3. The lowest BCUT2D eigenvalue weighted by Gasteiger charge is -2.16. The normalized spacial score (nSPS) is 13.8. The van der Waals surface area contributed by atoms with Crippen LogP contribution in [0.4, 0.5) is 15.8 Å². The summed E-state index contributed by atoms with van der Waals surface area (Å²) in [4.78, 5) is 26.1. The highest BCUT2D eigenvalue weighted by molar-refractivity contribution is 6.37. The van der Waals surface area contributed by atoms with Gasteiger partial charge in [-0.2, -0.15) is 0 Å². The highest BCUT2D eigenvalue weighted by atomic mass is 19.1. The third-order valence-corrected chi connectivity index (χ3v) is 5.75. The van der Waals surface area contributed by atoms with Gasteiger partial charge < -0.3 is 25.4 Å². The molecule has 3 aromatic carbocycles. The van der Waals surface area contributed by atoms with E-state index in [1.807, 2.05) is 67.5 Å². The molecule has 36 heavy (non-hydrogen) atoms. The summed E-state index contributed by atoms with van der Waals surface area (Å²) in [6.07, 6.45) is 0.361. The lowest BCUT2D eigenvalue weighted by Crippen LogP contribution is -2.19. The van der Waals surface area contributed by atoms with Gasteiger partial charge in [0, 0.05) is 24.2 Å². The van der Waals surface area contributed by atoms with Gasteiger partial charge in [0.2, 0.25) is 0 Å². The van der Waals surface area contributed by atoms with Crippen LogP contribution >= 0.6 is 0 Å². The number of nitrogens with one attached hydrogen (secondary N) is 2. The molecule has 0 saturated carbocycles. The number of carbonyl (C=O) groups excluding carboxylic acids is 1. The second-order valence-electron chi connectivity index (χ2n) is 8.79. The fourth-order valence-corrected chi connectivity index (χ4v) is 3.93. The molecule has 0 aromatic heterocycles. The number of halogens is 1. The monoisotopic (exact) mass is 489 g/mol. The second kappa shape index (κ2) is 11.0. The topological polar surface area (TPSA) is 90.9 Å². The molecule has 3 aromatic rings. The van der Waals surface area contributed by atoms with Gasteiger partial charge in [-0.3, -0.25) is 9.59 Å². The summed E-state index contributed by atoms with van der Waals surface area (Å²) >= 11 is 0. The van der Waals surface area contributed by atoms with Gasteiger partial charge in [-0.15, -0.1) is 0 Å². The van der Waals surface area contributed by atoms with Crippen molar-refractivity contribution >= 4 is 34.5 Å². The van der Waals surface area contributed by atoms with Gasteiger partial charge in [-0.1, -0.05) is 18.2 Å². The number of aryl methyl sites for hydroxylation is 1. The van der Waals surface area contributed by atoms with Crippen molar-refractivity contribution in [3.63, 3.8) is 0 Å². The van der Waals surface area contributed by atoms with Gasteiger partial charge in [0.15, 0.2) is 0 Å². The number of amides is 1. The average Bonchev–Trinajstić information content (AvgIpc) is 3.16. The van der Waals surface area contributed by atoms with Crippen LogP contribution in [0.3, 0.4) is 0 Å². The largest absolute Gasteiger partial charge is 0.492 e. The average molecular weight is 490 g/mol. The molecule has 1 aliphatic heterocycles. The van der Waals surface area contributed by atoms with Crippen molar-refractivity contribution in [3.8, 4) is 5.75 Å². The van der Waals surface area contributed by atoms with E-state index in [-0.39, 0.29) is 12.3 Å². The van der Waals surface area contributed by atoms with Crippen molar-refractivity contribution in [3.05, 3.63) is 89.2 Å². The summed E-state index contributed by atoms with van der Waals surface area (Å²) in [7, 11) is 3.96. The third-order valence-electron chi connectivity index (χ3n) is 5.75. The number of fused-ring (bicyclic) bond motifs is 1. The van der Waals surface area contributed by atoms with Gasteiger partial charge in [0.05, 0.1) is 17.0 Å². The molecule has 0 unspecified atom stereocenters. The van der Waals surface area contributed by atoms with Crippen LogP contribution in [-0.2, 0) is 16.0 Å². The van der Waals surface area contributed by atoms with E-state index in [0.29, 0.717) is 41.1 Å². The van der Waals surface area contributed by atoms with Gasteiger partial charge in [0.1, 0.15) is 18.2 Å². The fourth-order valence-electron chi connectivity index (χ4n) is 3.93. The first kappa shape index (κ1) is 24.9. The molecule has 0 aliphatic carbocycles. The summed E-state index contributed by atoms with van der Waals surface area (Å²) in [5, 5.41) is 15.2. The Morgan fingerprint density at radius 1 is 1.08 bits per heavy atom. The zero-order valence-electron chi connectivity index (χ0n) is 20.2. The highest BCUT2D eigenvalue weighted by Gasteiger charge is 2.29. The van der Waals surface area contributed by atoms with Crippen LogP contribution < -0.4 is 15.4 Å². The minimum absolute atomic E-state index is 0.000662. The number of hydrogen-bond donors (Lipinski definition) is 3. The number of carbonyl (C=O) groups is 2. The molecule has 0 bridgehead atoms. The van der Waals surface area contributed by atoms with Gasteiger partial charge in [-0.25, -0.2) is 4.39 Å². The number of likely N-dealkylation sites (N-methyl/N-ethyl adjacent to an activating group) is 1. The van der Waals surface area contributed by atoms with Crippen molar-refractivity contribution in [2.24, 2.45) is 0 Å². The summed E-state index contributed by atoms with van der Waals surface area (Å²) in [5.74, 6) is -0.939. The lowest BCUT2D eigenvalue weighted by molar-refractivity contribution is -0.137. The Kier molecular flexibility index (Phi) is 7.65. The van der Waals surface area contributed by atoms with E-state index in [2.05, 4.69) is 10.6 Å². The Labute approximate surface area is 209 Å². The third kappa shape index (κ3) is 6.09. The minimum Gasteiger partial charge on any atom is -0.492 e. The van der Waals surface area contributed by atoms with Crippen molar-refractivity contribution in [2.75, 3.05) is 37.9 Å². The van der Waals surface area contributed by atoms with E-state index < -0.39 is 11.8 Å². The van der Waals surface area contributed by atoms with Gasteiger partial charge >= 0.3 is 5.97 Å². The molecule has 1 amide bonds. The number of nitrogens with zero attached hydrogens (tertiary/aromatic N) is 1. The highest BCUT2D eigenvalue weighted by Crippen LogP contribution is 2.38. The summed E-state index contributed by atoms with van der Waals surface area (Å²) in [6.45, 7) is 1.36. The number of carboxylic acid groups (broad SMARTS) is 1. The zero-order chi connectivity index (χ0) is 25.7. The standard InChI is InChI=1S/C28H28FN3O4/c1-32(2)14-15-36-22-10-8-21(9-11-22)30-27(19-5-3-4-18(16-19)6-13-25(33)34)26-23-12-7-20(29)17-24(23)31-28(26)35/h3-5,7-12,16-17,30H,6,13-15H2,1-2H3,(H,31,35)(H,33,34). The predicted molar refractivity (Wildman–Crippen MR) is 138 cm³/mol. The first-order chi connectivity index (χ1) is 17.3. The number of aliphatic carboxylic acids is 1.